The molecule has 5 heteroatoms. The van der Waals surface area contributed by atoms with Crippen LogP contribution < -0.4 is 4.90 Å². The third kappa shape index (κ3) is 2.56. The first-order chi connectivity index (χ1) is 10.7. The summed E-state index contributed by atoms with van der Waals surface area (Å²) in [6, 6.07) is 2.06. The van der Waals surface area contributed by atoms with Crippen molar-refractivity contribution in [1.82, 2.24) is 19.9 Å². The minimum atomic E-state index is 0.405. The van der Waals surface area contributed by atoms with Crippen LogP contribution >= 0.6 is 0 Å². The second-order valence-corrected chi connectivity index (χ2v) is 6.40. The maximum absolute atomic E-state index is 4.62. The van der Waals surface area contributed by atoms with Crippen LogP contribution in [0.1, 0.15) is 54.4 Å². The Morgan fingerprint density at radius 2 is 1.82 bits per heavy atom. The fraction of sp³-hybridized carbons (Fsp3) is 0.529. The lowest BCUT2D eigenvalue weighted by molar-refractivity contribution is 0.489. The van der Waals surface area contributed by atoms with Gasteiger partial charge in [-0.25, -0.2) is 19.9 Å². The van der Waals surface area contributed by atoms with Crippen molar-refractivity contribution in [3.8, 4) is 0 Å². The summed E-state index contributed by atoms with van der Waals surface area (Å²) >= 11 is 0. The van der Waals surface area contributed by atoms with Crippen LogP contribution in [0, 0.1) is 6.92 Å². The van der Waals surface area contributed by atoms with Crippen molar-refractivity contribution < 1.29 is 0 Å². The zero-order valence-corrected chi connectivity index (χ0v) is 13.2. The third-order valence-corrected chi connectivity index (χ3v) is 4.53. The van der Waals surface area contributed by atoms with Gasteiger partial charge in [0.05, 0.1) is 5.92 Å². The predicted octanol–water partition coefficient (Wildman–Crippen LogP) is 2.62. The fourth-order valence-corrected chi connectivity index (χ4v) is 2.93. The summed E-state index contributed by atoms with van der Waals surface area (Å²) < 4.78 is 0. The number of hydrogen-bond acceptors (Lipinski definition) is 5. The van der Waals surface area contributed by atoms with Crippen LogP contribution in [0.3, 0.4) is 0 Å². The smallest absolute Gasteiger partial charge is 0.225 e. The van der Waals surface area contributed by atoms with Crippen LogP contribution in [-0.4, -0.2) is 33.0 Å². The van der Waals surface area contributed by atoms with E-state index in [9.17, 15) is 0 Å². The molecule has 2 fully saturated rings. The SMILES string of the molecule is CCc1cc(C)nc(N2CC(c3ncc(C4CC4)cn3)C2)n1. The van der Waals surface area contributed by atoms with Crippen LogP contribution in [0.4, 0.5) is 5.95 Å². The summed E-state index contributed by atoms with van der Waals surface area (Å²) in [5.41, 5.74) is 3.45. The maximum atomic E-state index is 4.62. The van der Waals surface area contributed by atoms with E-state index in [1.54, 1.807) is 0 Å². The van der Waals surface area contributed by atoms with Gasteiger partial charge >= 0.3 is 0 Å². The minimum absolute atomic E-state index is 0.405. The number of aryl methyl sites for hydroxylation is 2. The Labute approximate surface area is 130 Å². The molecule has 1 aliphatic carbocycles. The van der Waals surface area contributed by atoms with E-state index in [-0.39, 0.29) is 0 Å². The van der Waals surface area contributed by atoms with Crippen molar-refractivity contribution in [2.75, 3.05) is 18.0 Å². The molecule has 2 aliphatic rings. The van der Waals surface area contributed by atoms with Gasteiger partial charge in [-0.1, -0.05) is 6.92 Å². The Bertz CT molecular complexity index is 672. The molecule has 4 rings (SSSR count). The van der Waals surface area contributed by atoms with Crippen molar-refractivity contribution in [1.29, 1.82) is 0 Å². The van der Waals surface area contributed by atoms with Gasteiger partial charge in [-0.3, -0.25) is 0 Å². The highest BCUT2D eigenvalue weighted by Crippen LogP contribution is 2.39. The second-order valence-electron chi connectivity index (χ2n) is 6.40. The molecule has 0 atom stereocenters. The molecule has 1 saturated heterocycles. The number of rotatable bonds is 4. The van der Waals surface area contributed by atoms with Crippen molar-refractivity contribution in [3.63, 3.8) is 0 Å². The summed E-state index contributed by atoms with van der Waals surface area (Å²) in [7, 11) is 0. The summed E-state index contributed by atoms with van der Waals surface area (Å²) in [6.45, 7) is 5.98. The van der Waals surface area contributed by atoms with Gasteiger partial charge in [0.1, 0.15) is 5.82 Å². The lowest BCUT2D eigenvalue weighted by Gasteiger charge is -2.38. The van der Waals surface area contributed by atoms with Gasteiger partial charge in [-0.2, -0.15) is 0 Å². The predicted molar refractivity (Wildman–Crippen MR) is 85.1 cm³/mol. The average Bonchev–Trinajstić information content (AvgIpc) is 3.30. The van der Waals surface area contributed by atoms with Gasteiger partial charge in [-0.05, 0) is 43.7 Å². The average molecular weight is 295 g/mol. The largest absolute Gasteiger partial charge is 0.339 e. The summed E-state index contributed by atoms with van der Waals surface area (Å²) in [5.74, 6) is 2.94. The molecular weight excluding hydrogens is 274 g/mol. The van der Waals surface area contributed by atoms with Gasteiger partial charge in [-0.15, -0.1) is 0 Å². The first-order valence-electron chi connectivity index (χ1n) is 8.14. The van der Waals surface area contributed by atoms with Crippen LogP contribution in [0.25, 0.3) is 0 Å². The summed E-state index contributed by atoms with van der Waals surface area (Å²) in [4.78, 5) is 20.5. The Morgan fingerprint density at radius 1 is 1.09 bits per heavy atom. The summed E-state index contributed by atoms with van der Waals surface area (Å²) in [5, 5.41) is 0. The highest BCUT2D eigenvalue weighted by molar-refractivity contribution is 5.38. The van der Waals surface area contributed by atoms with E-state index >= 15 is 0 Å². The van der Waals surface area contributed by atoms with E-state index in [1.807, 2.05) is 19.3 Å². The van der Waals surface area contributed by atoms with Crippen LogP contribution in [0.2, 0.25) is 0 Å². The van der Waals surface area contributed by atoms with Crippen molar-refractivity contribution >= 4 is 5.95 Å². The molecule has 2 aromatic heterocycles. The molecule has 0 unspecified atom stereocenters. The second kappa shape index (κ2) is 5.30. The first-order valence-corrected chi connectivity index (χ1v) is 8.14. The molecule has 0 radical (unpaired) electrons. The molecule has 3 heterocycles. The molecule has 0 N–H and O–H groups in total. The van der Waals surface area contributed by atoms with E-state index in [0.717, 1.165) is 48.6 Å². The fourth-order valence-electron chi connectivity index (χ4n) is 2.93. The van der Waals surface area contributed by atoms with Crippen molar-refractivity contribution in [3.05, 3.63) is 41.2 Å². The van der Waals surface area contributed by atoms with Crippen LogP contribution in [-0.2, 0) is 6.42 Å². The lowest BCUT2D eigenvalue weighted by Crippen LogP contribution is -2.46. The van der Waals surface area contributed by atoms with E-state index in [4.69, 9.17) is 0 Å². The van der Waals surface area contributed by atoms with Gasteiger partial charge < -0.3 is 4.90 Å². The molecular formula is C17H21N5. The molecule has 0 aromatic carbocycles. The zero-order chi connectivity index (χ0) is 15.1. The van der Waals surface area contributed by atoms with Gasteiger partial charge in [0.2, 0.25) is 5.95 Å². The molecule has 0 spiro atoms. The van der Waals surface area contributed by atoms with Gasteiger partial charge in [0.15, 0.2) is 0 Å². The monoisotopic (exact) mass is 295 g/mol. The molecule has 1 aliphatic heterocycles. The minimum Gasteiger partial charge on any atom is -0.339 e. The third-order valence-electron chi connectivity index (χ3n) is 4.53. The summed E-state index contributed by atoms with van der Waals surface area (Å²) in [6.07, 6.45) is 7.57. The van der Waals surface area contributed by atoms with Crippen LogP contribution in [0.5, 0.6) is 0 Å². The van der Waals surface area contributed by atoms with Gasteiger partial charge in [0.25, 0.3) is 0 Å². The highest BCUT2D eigenvalue weighted by Gasteiger charge is 2.32. The number of hydrogen-bond donors (Lipinski definition) is 0. The van der Waals surface area contributed by atoms with E-state index < -0.39 is 0 Å². The molecule has 0 amide bonds. The topological polar surface area (TPSA) is 54.8 Å². The Morgan fingerprint density at radius 3 is 2.45 bits per heavy atom. The molecule has 2 aromatic rings. The molecule has 5 nitrogen and oxygen atoms in total. The standard InChI is InChI=1S/C17H21N5/c1-3-15-6-11(2)20-17(21-15)22-9-14(10-22)16-18-7-13(8-19-16)12-4-5-12/h6-8,12,14H,3-5,9-10H2,1-2H3. The highest BCUT2D eigenvalue weighted by atomic mass is 15.3. The first kappa shape index (κ1) is 13.6. The Hall–Kier alpha value is -2.04. The molecule has 1 saturated carbocycles. The zero-order valence-electron chi connectivity index (χ0n) is 13.2. The number of nitrogens with zero attached hydrogens (tertiary/aromatic N) is 5. The van der Waals surface area contributed by atoms with Crippen LogP contribution in [0.15, 0.2) is 18.5 Å². The van der Waals surface area contributed by atoms with E-state index in [1.165, 1.54) is 18.4 Å². The van der Waals surface area contributed by atoms with Gasteiger partial charge in [0, 0.05) is 36.9 Å². The van der Waals surface area contributed by atoms with Crippen molar-refractivity contribution in [2.45, 2.75) is 44.9 Å². The van der Waals surface area contributed by atoms with Crippen molar-refractivity contribution in [2.24, 2.45) is 0 Å². The quantitative estimate of drug-likeness (QED) is 0.868. The normalized spacial score (nSPS) is 18.4. The number of aromatic nitrogens is 4. The Kier molecular flexibility index (Phi) is 3.28. The Balaban J connectivity index is 1.43. The molecule has 114 valence electrons. The molecule has 0 bridgehead atoms. The lowest BCUT2D eigenvalue weighted by atomic mass is 9.99. The number of anilines is 1. The van der Waals surface area contributed by atoms with E-state index in [2.05, 4.69) is 37.8 Å². The maximum Gasteiger partial charge on any atom is 0.225 e. The van der Waals surface area contributed by atoms with E-state index in [0.29, 0.717) is 5.92 Å². The molecule has 22 heavy (non-hydrogen) atoms.